The Morgan fingerprint density at radius 2 is 0.917 bits per heavy atom. The summed E-state index contributed by atoms with van der Waals surface area (Å²) in [6, 6.07) is 23.5. The smallest absolute Gasteiger partial charge is 0.0320 e. The van der Waals surface area contributed by atoms with Crippen LogP contribution < -0.4 is 22.9 Å². The van der Waals surface area contributed by atoms with Gasteiger partial charge in [-0.25, -0.2) is 0 Å². The zero-order valence-corrected chi connectivity index (χ0v) is 13.7. The molecule has 0 aliphatic carbocycles. The third kappa shape index (κ3) is 5.12. The molecule has 0 heterocycles. The maximum atomic E-state index is 5.70. The largest absolute Gasteiger partial charge is 0.399 e. The molecule has 0 spiro atoms. The lowest BCUT2D eigenvalue weighted by atomic mass is 10.0. The van der Waals surface area contributed by atoms with Gasteiger partial charge in [-0.3, -0.25) is 0 Å². The molecule has 4 heteroatoms. The summed E-state index contributed by atoms with van der Waals surface area (Å²) in [6.45, 7) is 1.20. The van der Waals surface area contributed by atoms with E-state index < -0.39 is 0 Å². The first-order chi connectivity index (χ1) is 11.6. The van der Waals surface area contributed by atoms with Gasteiger partial charge in [0.1, 0.15) is 0 Å². The molecule has 24 heavy (non-hydrogen) atoms. The van der Waals surface area contributed by atoms with Crippen molar-refractivity contribution in [3.63, 3.8) is 0 Å². The summed E-state index contributed by atoms with van der Waals surface area (Å²) in [5.74, 6) is 0. The van der Waals surface area contributed by atoms with Crippen molar-refractivity contribution < 1.29 is 0 Å². The highest BCUT2D eigenvalue weighted by atomic mass is 14.5. The molecule has 0 radical (unpaired) electrons. The molecule has 0 saturated carbocycles. The van der Waals surface area contributed by atoms with E-state index in [0.29, 0.717) is 13.1 Å². The summed E-state index contributed by atoms with van der Waals surface area (Å²) in [7, 11) is 0. The monoisotopic (exact) mass is 320 g/mol. The average Bonchev–Trinajstić information content (AvgIpc) is 2.62. The zero-order valence-electron chi connectivity index (χ0n) is 13.7. The molecule has 0 amide bonds. The lowest BCUT2D eigenvalue weighted by Gasteiger charge is -2.03. The van der Waals surface area contributed by atoms with Gasteiger partial charge in [-0.15, -0.1) is 0 Å². The van der Waals surface area contributed by atoms with Crippen LogP contribution in [0.5, 0.6) is 0 Å². The Kier molecular flexibility index (Phi) is 6.37. The molecule has 0 saturated heterocycles. The van der Waals surface area contributed by atoms with E-state index in [1.165, 1.54) is 0 Å². The molecule has 3 aromatic carbocycles. The molecule has 0 aromatic heterocycles. The predicted octanol–water partition coefficient (Wildman–Crippen LogP) is 3.12. The summed E-state index contributed by atoms with van der Waals surface area (Å²) in [4.78, 5) is 0. The predicted molar refractivity (Wildman–Crippen MR) is 103 cm³/mol. The van der Waals surface area contributed by atoms with E-state index in [-0.39, 0.29) is 0 Å². The Morgan fingerprint density at radius 1 is 0.542 bits per heavy atom. The van der Waals surface area contributed by atoms with Crippen molar-refractivity contribution in [2.75, 3.05) is 11.5 Å². The number of anilines is 2. The summed E-state index contributed by atoms with van der Waals surface area (Å²) >= 11 is 0. The molecule has 0 aliphatic rings. The molecule has 3 aromatic rings. The van der Waals surface area contributed by atoms with Gasteiger partial charge in [0.2, 0.25) is 0 Å². The van der Waals surface area contributed by atoms with Crippen molar-refractivity contribution in [3.8, 4) is 11.1 Å². The quantitative estimate of drug-likeness (QED) is 0.556. The van der Waals surface area contributed by atoms with Crippen LogP contribution in [0.1, 0.15) is 11.1 Å². The molecular weight excluding hydrogens is 296 g/mol. The SMILES string of the molecule is NCc1ccc(CN)cc1.Nc1cccc(-c2cccc(N)c2)c1. The van der Waals surface area contributed by atoms with E-state index in [2.05, 4.69) is 0 Å². The second kappa shape index (κ2) is 8.72. The highest BCUT2D eigenvalue weighted by molar-refractivity contribution is 5.70. The van der Waals surface area contributed by atoms with Gasteiger partial charge >= 0.3 is 0 Å². The summed E-state index contributed by atoms with van der Waals surface area (Å²) in [6.07, 6.45) is 0. The first-order valence-corrected chi connectivity index (χ1v) is 7.82. The number of benzene rings is 3. The Labute approximate surface area is 143 Å². The van der Waals surface area contributed by atoms with Crippen molar-refractivity contribution in [1.82, 2.24) is 0 Å². The van der Waals surface area contributed by atoms with Crippen LogP contribution in [0.25, 0.3) is 11.1 Å². The molecule has 124 valence electrons. The molecule has 8 N–H and O–H groups in total. The van der Waals surface area contributed by atoms with Gasteiger partial charge in [0.15, 0.2) is 0 Å². The van der Waals surface area contributed by atoms with E-state index in [4.69, 9.17) is 22.9 Å². The van der Waals surface area contributed by atoms with Crippen molar-refractivity contribution in [1.29, 1.82) is 0 Å². The number of hydrogen-bond acceptors (Lipinski definition) is 4. The highest BCUT2D eigenvalue weighted by Crippen LogP contribution is 2.22. The Morgan fingerprint density at radius 3 is 1.21 bits per heavy atom. The molecule has 0 unspecified atom stereocenters. The molecular formula is C20H24N4. The third-order valence-electron chi connectivity index (χ3n) is 3.60. The van der Waals surface area contributed by atoms with Crippen LogP contribution >= 0.6 is 0 Å². The molecule has 0 fully saturated rings. The van der Waals surface area contributed by atoms with Gasteiger partial charge in [-0.05, 0) is 46.5 Å². The van der Waals surface area contributed by atoms with Crippen LogP contribution in [0.4, 0.5) is 11.4 Å². The van der Waals surface area contributed by atoms with Gasteiger partial charge in [-0.1, -0.05) is 48.5 Å². The van der Waals surface area contributed by atoms with E-state index >= 15 is 0 Å². The summed E-state index contributed by atoms with van der Waals surface area (Å²) in [5, 5.41) is 0. The fourth-order valence-corrected chi connectivity index (χ4v) is 2.25. The molecule has 0 aliphatic heterocycles. The van der Waals surface area contributed by atoms with Crippen LogP contribution in [0.15, 0.2) is 72.8 Å². The van der Waals surface area contributed by atoms with Gasteiger partial charge in [0.05, 0.1) is 0 Å². The topological polar surface area (TPSA) is 104 Å². The molecule has 0 atom stereocenters. The minimum Gasteiger partial charge on any atom is -0.399 e. The minimum absolute atomic E-state index is 0.602. The van der Waals surface area contributed by atoms with Gasteiger partial charge in [-0.2, -0.15) is 0 Å². The van der Waals surface area contributed by atoms with Crippen molar-refractivity contribution in [3.05, 3.63) is 83.9 Å². The zero-order chi connectivity index (χ0) is 17.4. The fraction of sp³-hybridized carbons (Fsp3) is 0.100. The third-order valence-corrected chi connectivity index (χ3v) is 3.60. The van der Waals surface area contributed by atoms with Crippen molar-refractivity contribution in [2.45, 2.75) is 13.1 Å². The van der Waals surface area contributed by atoms with Crippen LogP contribution in [0.2, 0.25) is 0 Å². The normalized spacial score (nSPS) is 9.92. The van der Waals surface area contributed by atoms with E-state index in [9.17, 15) is 0 Å². The number of nitrogens with two attached hydrogens (primary N) is 4. The minimum atomic E-state index is 0.602. The van der Waals surface area contributed by atoms with E-state index in [1.54, 1.807) is 0 Å². The van der Waals surface area contributed by atoms with Crippen molar-refractivity contribution in [2.24, 2.45) is 11.5 Å². The second-order valence-corrected chi connectivity index (χ2v) is 5.48. The lowest BCUT2D eigenvalue weighted by molar-refractivity contribution is 1.04. The second-order valence-electron chi connectivity index (χ2n) is 5.48. The van der Waals surface area contributed by atoms with Crippen LogP contribution in [-0.4, -0.2) is 0 Å². The lowest BCUT2D eigenvalue weighted by Crippen LogP contribution is -1.98. The first kappa shape index (κ1) is 17.5. The van der Waals surface area contributed by atoms with E-state index in [1.807, 2.05) is 72.8 Å². The maximum Gasteiger partial charge on any atom is 0.0320 e. The summed E-state index contributed by atoms with van der Waals surface area (Å²) in [5.41, 5.74) is 28.3. The Bertz CT molecular complexity index is 700. The van der Waals surface area contributed by atoms with Gasteiger partial charge in [0.25, 0.3) is 0 Å². The standard InChI is InChI=1S/C12H12N2.C8H12N2/c13-11-5-1-3-9(7-11)10-4-2-6-12(14)8-10;9-5-7-1-2-8(6-10)4-3-7/h1-8H,13-14H2;1-4H,5-6,9-10H2. The Balaban J connectivity index is 0.000000185. The molecule has 3 rings (SSSR count). The van der Waals surface area contributed by atoms with E-state index in [0.717, 1.165) is 33.6 Å². The Hall–Kier alpha value is -2.82. The van der Waals surface area contributed by atoms with Crippen LogP contribution in [0, 0.1) is 0 Å². The van der Waals surface area contributed by atoms with Crippen molar-refractivity contribution >= 4 is 11.4 Å². The highest BCUT2D eigenvalue weighted by Gasteiger charge is 1.97. The molecule has 0 bridgehead atoms. The van der Waals surface area contributed by atoms with Crippen LogP contribution in [-0.2, 0) is 13.1 Å². The number of hydrogen-bond donors (Lipinski definition) is 4. The molecule has 4 nitrogen and oxygen atoms in total. The first-order valence-electron chi connectivity index (χ1n) is 7.82. The van der Waals surface area contributed by atoms with Crippen LogP contribution in [0.3, 0.4) is 0 Å². The van der Waals surface area contributed by atoms with Gasteiger partial charge in [0, 0.05) is 24.5 Å². The maximum absolute atomic E-state index is 5.70. The van der Waals surface area contributed by atoms with Gasteiger partial charge < -0.3 is 22.9 Å². The summed E-state index contributed by atoms with van der Waals surface area (Å²) < 4.78 is 0. The number of nitrogen functional groups attached to an aromatic ring is 2. The number of rotatable bonds is 3. The fourth-order valence-electron chi connectivity index (χ4n) is 2.25. The average molecular weight is 320 g/mol.